The molecule has 0 saturated carbocycles. The molecule has 1 rings (SSSR count). The zero-order valence-corrected chi connectivity index (χ0v) is 8.17. The molecule has 3 heteroatoms. The molecule has 0 spiro atoms. The van der Waals surface area contributed by atoms with Crippen LogP contribution in [0.5, 0.6) is 0 Å². The van der Waals surface area contributed by atoms with Crippen LogP contribution in [0.3, 0.4) is 0 Å². The van der Waals surface area contributed by atoms with Gasteiger partial charge in [-0.05, 0) is 19.6 Å². The predicted octanol–water partition coefficient (Wildman–Crippen LogP) is 1.12. The van der Waals surface area contributed by atoms with Crippen molar-refractivity contribution < 1.29 is 4.74 Å². The fourth-order valence-corrected chi connectivity index (χ4v) is 1.57. The van der Waals surface area contributed by atoms with Gasteiger partial charge in [-0.15, -0.1) is 0 Å². The maximum Gasteiger partial charge on any atom is 0.0646 e. The zero-order chi connectivity index (χ0) is 8.16. The van der Waals surface area contributed by atoms with Crippen molar-refractivity contribution in [3.8, 4) is 0 Å². The molecule has 1 unspecified atom stereocenters. The molecule has 1 fully saturated rings. The van der Waals surface area contributed by atoms with Crippen LogP contribution in [0.15, 0.2) is 0 Å². The Morgan fingerprint density at radius 1 is 1.64 bits per heavy atom. The van der Waals surface area contributed by atoms with Crippen LogP contribution in [0.25, 0.3) is 0 Å². The summed E-state index contributed by atoms with van der Waals surface area (Å²) in [6.07, 6.45) is 3.29. The van der Waals surface area contributed by atoms with E-state index in [4.69, 9.17) is 4.74 Å². The maximum absolute atomic E-state index is 5.32. The highest BCUT2D eigenvalue weighted by Crippen LogP contribution is 2.16. The van der Waals surface area contributed by atoms with Gasteiger partial charge in [0.25, 0.3) is 0 Å². The smallest absolute Gasteiger partial charge is 0.0646 e. The van der Waals surface area contributed by atoms with Crippen molar-refractivity contribution in [3.05, 3.63) is 0 Å². The van der Waals surface area contributed by atoms with Crippen LogP contribution in [0, 0.1) is 0 Å². The molecule has 0 aliphatic carbocycles. The minimum atomic E-state index is 0.260. The number of hydrogen-bond acceptors (Lipinski definition) is 3. The second-order valence-corrected chi connectivity index (χ2v) is 4.27. The molecule has 2 nitrogen and oxygen atoms in total. The van der Waals surface area contributed by atoms with Gasteiger partial charge in [-0.2, -0.15) is 11.8 Å². The Balaban J connectivity index is 2.13. The van der Waals surface area contributed by atoms with Crippen LogP contribution >= 0.6 is 11.8 Å². The molecule has 0 aromatic rings. The fraction of sp³-hybridized carbons (Fsp3) is 1.00. The number of nitrogens with one attached hydrogen (secondary N) is 1. The molecule has 0 aromatic heterocycles. The first-order valence-electron chi connectivity index (χ1n) is 4.08. The third kappa shape index (κ3) is 3.01. The first-order chi connectivity index (χ1) is 5.27. The Kier molecular flexibility index (Phi) is 3.69. The highest BCUT2D eigenvalue weighted by molar-refractivity contribution is 7.98. The summed E-state index contributed by atoms with van der Waals surface area (Å²) in [6.45, 7) is 5.13. The minimum absolute atomic E-state index is 0.260. The maximum atomic E-state index is 5.32. The topological polar surface area (TPSA) is 21.3 Å². The highest BCUT2D eigenvalue weighted by atomic mass is 32.2. The molecular formula is C8H17NOS. The van der Waals surface area contributed by atoms with E-state index in [2.05, 4.69) is 18.5 Å². The van der Waals surface area contributed by atoms with Crippen molar-refractivity contribution in [2.75, 3.05) is 31.8 Å². The van der Waals surface area contributed by atoms with E-state index in [1.54, 1.807) is 0 Å². The second-order valence-electron chi connectivity index (χ2n) is 3.28. The molecule has 1 saturated heterocycles. The van der Waals surface area contributed by atoms with E-state index >= 15 is 0 Å². The van der Waals surface area contributed by atoms with Gasteiger partial charge in [0.1, 0.15) is 0 Å². The van der Waals surface area contributed by atoms with E-state index in [0.29, 0.717) is 0 Å². The molecule has 66 valence electrons. The van der Waals surface area contributed by atoms with Gasteiger partial charge in [0, 0.05) is 24.4 Å². The molecule has 1 aliphatic heterocycles. The molecule has 0 amide bonds. The van der Waals surface area contributed by atoms with Crippen molar-refractivity contribution in [2.45, 2.75) is 18.9 Å². The third-order valence-corrected chi connectivity index (χ3v) is 2.69. The van der Waals surface area contributed by atoms with Gasteiger partial charge in [-0.25, -0.2) is 0 Å². The molecule has 1 aliphatic rings. The lowest BCUT2D eigenvalue weighted by Crippen LogP contribution is -2.43. The van der Waals surface area contributed by atoms with Crippen LogP contribution in [-0.2, 0) is 4.74 Å². The zero-order valence-electron chi connectivity index (χ0n) is 7.35. The van der Waals surface area contributed by atoms with Crippen molar-refractivity contribution >= 4 is 11.8 Å². The van der Waals surface area contributed by atoms with E-state index in [1.165, 1.54) is 5.75 Å². The van der Waals surface area contributed by atoms with Gasteiger partial charge in [0.15, 0.2) is 0 Å². The molecule has 0 aromatic carbocycles. The van der Waals surface area contributed by atoms with Crippen molar-refractivity contribution in [1.29, 1.82) is 0 Å². The van der Waals surface area contributed by atoms with Crippen LogP contribution in [0.1, 0.15) is 13.3 Å². The summed E-state index contributed by atoms with van der Waals surface area (Å²) >= 11 is 1.88. The fourth-order valence-electron chi connectivity index (χ4n) is 1.26. The minimum Gasteiger partial charge on any atom is -0.379 e. The Labute approximate surface area is 73.1 Å². The van der Waals surface area contributed by atoms with Crippen LogP contribution < -0.4 is 5.32 Å². The summed E-state index contributed by atoms with van der Waals surface area (Å²) in [7, 11) is 0. The standard InChI is InChI=1S/C8H17NOS/c1-8(3-5-10-7-8)9-4-6-11-2/h9H,3-7H2,1-2H3. The molecular weight excluding hydrogens is 158 g/mol. The Morgan fingerprint density at radius 3 is 3.00 bits per heavy atom. The van der Waals surface area contributed by atoms with Gasteiger partial charge in [0.05, 0.1) is 6.61 Å². The molecule has 11 heavy (non-hydrogen) atoms. The Hall–Kier alpha value is 0.270. The summed E-state index contributed by atoms with van der Waals surface area (Å²) in [6, 6.07) is 0. The largest absolute Gasteiger partial charge is 0.379 e. The Morgan fingerprint density at radius 2 is 2.45 bits per heavy atom. The normalized spacial score (nSPS) is 31.1. The molecule has 1 atom stereocenters. The van der Waals surface area contributed by atoms with E-state index in [1.807, 2.05) is 11.8 Å². The summed E-state index contributed by atoms with van der Waals surface area (Å²) < 4.78 is 5.32. The molecule has 1 heterocycles. The first-order valence-corrected chi connectivity index (χ1v) is 5.48. The third-order valence-electron chi connectivity index (χ3n) is 2.08. The average Bonchev–Trinajstić information content (AvgIpc) is 2.38. The van der Waals surface area contributed by atoms with Gasteiger partial charge < -0.3 is 10.1 Å². The number of thioether (sulfide) groups is 1. The van der Waals surface area contributed by atoms with E-state index in [-0.39, 0.29) is 5.54 Å². The van der Waals surface area contributed by atoms with E-state index < -0.39 is 0 Å². The number of hydrogen-bond donors (Lipinski definition) is 1. The quantitative estimate of drug-likeness (QED) is 0.647. The van der Waals surface area contributed by atoms with Crippen LogP contribution in [-0.4, -0.2) is 37.3 Å². The highest BCUT2D eigenvalue weighted by Gasteiger charge is 2.28. The second kappa shape index (κ2) is 4.33. The van der Waals surface area contributed by atoms with E-state index in [0.717, 1.165) is 26.2 Å². The first kappa shape index (κ1) is 9.36. The van der Waals surface area contributed by atoms with Crippen LogP contribution in [0.2, 0.25) is 0 Å². The Bertz CT molecular complexity index is 113. The van der Waals surface area contributed by atoms with Crippen molar-refractivity contribution in [3.63, 3.8) is 0 Å². The number of rotatable bonds is 4. The van der Waals surface area contributed by atoms with Crippen molar-refractivity contribution in [1.82, 2.24) is 5.32 Å². The SMILES string of the molecule is CSCCNC1(C)CCOC1. The molecule has 0 radical (unpaired) electrons. The van der Waals surface area contributed by atoms with Gasteiger partial charge in [-0.1, -0.05) is 0 Å². The average molecular weight is 175 g/mol. The van der Waals surface area contributed by atoms with Crippen LogP contribution in [0.4, 0.5) is 0 Å². The van der Waals surface area contributed by atoms with Gasteiger partial charge in [0.2, 0.25) is 0 Å². The van der Waals surface area contributed by atoms with E-state index in [9.17, 15) is 0 Å². The summed E-state index contributed by atoms with van der Waals surface area (Å²) in [5, 5.41) is 3.51. The lowest BCUT2D eigenvalue weighted by molar-refractivity contribution is 0.172. The summed E-state index contributed by atoms with van der Waals surface area (Å²) in [5.41, 5.74) is 0.260. The predicted molar refractivity (Wildman–Crippen MR) is 50.2 cm³/mol. The molecule has 0 bridgehead atoms. The summed E-state index contributed by atoms with van der Waals surface area (Å²) in [4.78, 5) is 0. The lowest BCUT2D eigenvalue weighted by Gasteiger charge is -2.23. The van der Waals surface area contributed by atoms with Gasteiger partial charge >= 0.3 is 0 Å². The lowest BCUT2D eigenvalue weighted by atomic mass is 10.0. The van der Waals surface area contributed by atoms with Crippen molar-refractivity contribution in [2.24, 2.45) is 0 Å². The van der Waals surface area contributed by atoms with Gasteiger partial charge in [-0.3, -0.25) is 0 Å². The summed E-state index contributed by atoms with van der Waals surface area (Å²) in [5.74, 6) is 1.19. The monoisotopic (exact) mass is 175 g/mol. The number of ether oxygens (including phenoxy) is 1. The molecule has 1 N–H and O–H groups in total.